The van der Waals surface area contributed by atoms with Crippen molar-refractivity contribution in [2.24, 2.45) is 10.4 Å². The van der Waals surface area contributed by atoms with E-state index >= 15 is 0 Å². The predicted octanol–water partition coefficient (Wildman–Crippen LogP) is 2.76. The third-order valence-electron chi connectivity index (χ3n) is 6.65. The Labute approximate surface area is 211 Å². The van der Waals surface area contributed by atoms with Crippen LogP contribution in [-0.2, 0) is 4.74 Å². The summed E-state index contributed by atoms with van der Waals surface area (Å²) in [5, 5.41) is 7.09. The zero-order valence-electron chi connectivity index (χ0n) is 19.9. The lowest BCUT2D eigenvalue weighted by molar-refractivity contribution is 0.105. The van der Waals surface area contributed by atoms with Crippen LogP contribution < -0.4 is 15.5 Å². The second-order valence-electron chi connectivity index (χ2n) is 8.74. The molecule has 1 saturated heterocycles. The summed E-state index contributed by atoms with van der Waals surface area (Å²) in [5.74, 6) is 1.77. The van der Waals surface area contributed by atoms with Crippen molar-refractivity contribution in [1.29, 1.82) is 0 Å². The van der Waals surface area contributed by atoms with Gasteiger partial charge in [0.05, 0.1) is 0 Å². The monoisotopic (exact) mass is 559 g/mol. The quantitative estimate of drug-likeness (QED) is 0.187. The van der Waals surface area contributed by atoms with Gasteiger partial charge in [-0.25, -0.2) is 9.97 Å². The number of hydrogen-bond acceptors (Lipinski definition) is 6. The second-order valence-corrected chi connectivity index (χ2v) is 8.74. The van der Waals surface area contributed by atoms with Gasteiger partial charge in [0.2, 0.25) is 5.95 Å². The van der Waals surface area contributed by atoms with E-state index in [0.29, 0.717) is 5.41 Å². The molecule has 1 aliphatic carbocycles. The maximum atomic E-state index is 5.63. The molecular weight excluding hydrogens is 517 g/mol. The van der Waals surface area contributed by atoms with Crippen molar-refractivity contribution in [3.63, 3.8) is 0 Å². The first kappa shape index (κ1) is 27.0. The van der Waals surface area contributed by atoms with Crippen LogP contribution in [0.15, 0.2) is 23.5 Å². The van der Waals surface area contributed by atoms with Crippen LogP contribution in [0, 0.1) is 5.41 Å². The number of aromatic nitrogens is 2. The van der Waals surface area contributed by atoms with Gasteiger partial charge in [0, 0.05) is 71.9 Å². The summed E-state index contributed by atoms with van der Waals surface area (Å²) in [4.78, 5) is 18.0. The SMILES string of the molecule is CCOCCC1(CNC(=NC)NCCCN2CCN(c3ncccn3)CC2)CCCC1.I. The minimum atomic E-state index is 0. The molecule has 2 aliphatic rings. The predicted molar refractivity (Wildman–Crippen MR) is 142 cm³/mol. The standard InChI is InChI=1S/C23H41N7O.HI/c1-3-31-19-10-23(8-4-5-9-23)20-28-21(24-2)25-13-7-14-29-15-17-30(18-16-29)22-26-11-6-12-27-22;/h6,11-12H,3-5,7-10,13-20H2,1-2H3,(H2,24,25,28);1H. The molecule has 0 aromatic carbocycles. The van der Waals surface area contributed by atoms with E-state index in [9.17, 15) is 0 Å². The molecule has 182 valence electrons. The molecule has 0 atom stereocenters. The number of hydrogen-bond donors (Lipinski definition) is 2. The molecule has 1 aliphatic heterocycles. The van der Waals surface area contributed by atoms with Gasteiger partial charge in [-0.2, -0.15) is 0 Å². The summed E-state index contributed by atoms with van der Waals surface area (Å²) in [7, 11) is 1.86. The van der Waals surface area contributed by atoms with Gasteiger partial charge in [0.15, 0.2) is 5.96 Å². The van der Waals surface area contributed by atoms with Crippen molar-refractivity contribution in [2.45, 2.75) is 45.4 Å². The normalized spacial score (nSPS) is 18.9. The molecule has 0 radical (unpaired) electrons. The first-order valence-electron chi connectivity index (χ1n) is 12.0. The van der Waals surface area contributed by atoms with Crippen LogP contribution in [0.1, 0.15) is 45.4 Å². The third kappa shape index (κ3) is 8.62. The lowest BCUT2D eigenvalue weighted by Crippen LogP contribution is -2.48. The highest BCUT2D eigenvalue weighted by molar-refractivity contribution is 14.0. The Hall–Kier alpha value is -1.20. The molecule has 2 N–H and O–H groups in total. The Bertz CT molecular complexity index is 647. The van der Waals surface area contributed by atoms with Crippen LogP contribution >= 0.6 is 24.0 Å². The Balaban J connectivity index is 0.00000363. The van der Waals surface area contributed by atoms with E-state index in [1.165, 1.54) is 25.7 Å². The maximum Gasteiger partial charge on any atom is 0.225 e. The average molecular weight is 560 g/mol. The fraction of sp³-hybridized carbons (Fsp3) is 0.783. The van der Waals surface area contributed by atoms with Crippen molar-refractivity contribution in [2.75, 3.05) is 71.0 Å². The van der Waals surface area contributed by atoms with E-state index in [0.717, 1.165) is 83.8 Å². The molecule has 0 spiro atoms. The van der Waals surface area contributed by atoms with Gasteiger partial charge in [-0.15, -0.1) is 24.0 Å². The molecule has 2 fully saturated rings. The molecule has 3 rings (SSSR count). The highest BCUT2D eigenvalue weighted by atomic mass is 127. The van der Waals surface area contributed by atoms with Gasteiger partial charge in [0.1, 0.15) is 0 Å². The lowest BCUT2D eigenvalue weighted by atomic mass is 9.83. The Morgan fingerprint density at radius 3 is 2.50 bits per heavy atom. The fourth-order valence-corrected chi connectivity index (χ4v) is 4.70. The van der Waals surface area contributed by atoms with E-state index < -0.39 is 0 Å². The molecule has 1 saturated carbocycles. The first-order valence-corrected chi connectivity index (χ1v) is 12.0. The van der Waals surface area contributed by atoms with E-state index in [-0.39, 0.29) is 24.0 Å². The van der Waals surface area contributed by atoms with Gasteiger partial charge in [-0.1, -0.05) is 12.8 Å². The highest BCUT2D eigenvalue weighted by Gasteiger charge is 2.33. The third-order valence-corrected chi connectivity index (χ3v) is 6.65. The highest BCUT2D eigenvalue weighted by Crippen LogP contribution is 2.40. The summed E-state index contributed by atoms with van der Waals surface area (Å²) < 4.78 is 5.63. The molecule has 0 unspecified atom stereocenters. The van der Waals surface area contributed by atoms with Crippen molar-refractivity contribution in [1.82, 2.24) is 25.5 Å². The van der Waals surface area contributed by atoms with Gasteiger partial charge in [-0.3, -0.25) is 9.89 Å². The molecule has 0 amide bonds. The summed E-state index contributed by atoms with van der Waals surface area (Å²) in [6.07, 6.45) is 11.1. The average Bonchev–Trinajstić information content (AvgIpc) is 3.29. The lowest BCUT2D eigenvalue weighted by Gasteiger charge is -2.34. The van der Waals surface area contributed by atoms with Crippen molar-refractivity contribution in [3.8, 4) is 0 Å². The van der Waals surface area contributed by atoms with Crippen LogP contribution in [0.25, 0.3) is 0 Å². The molecule has 0 bridgehead atoms. The maximum absolute atomic E-state index is 5.63. The molecule has 1 aromatic heterocycles. The Morgan fingerprint density at radius 2 is 1.84 bits per heavy atom. The first-order chi connectivity index (χ1) is 15.2. The number of anilines is 1. The number of nitrogens with zero attached hydrogens (tertiary/aromatic N) is 5. The van der Waals surface area contributed by atoms with Crippen LogP contribution in [0.3, 0.4) is 0 Å². The van der Waals surface area contributed by atoms with Gasteiger partial charge >= 0.3 is 0 Å². The van der Waals surface area contributed by atoms with Crippen molar-refractivity contribution < 1.29 is 4.74 Å². The van der Waals surface area contributed by atoms with Gasteiger partial charge < -0.3 is 20.3 Å². The summed E-state index contributed by atoms with van der Waals surface area (Å²) >= 11 is 0. The number of halogens is 1. The zero-order chi connectivity index (χ0) is 21.8. The molecule has 9 heteroatoms. The number of nitrogens with one attached hydrogen (secondary N) is 2. The largest absolute Gasteiger partial charge is 0.382 e. The molecule has 2 heterocycles. The Morgan fingerprint density at radius 1 is 1.12 bits per heavy atom. The zero-order valence-corrected chi connectivity index (χ0v) is 22.2. The molecule has 8 nitrogen and oxygen atoms in total. The summed E-state index contributed by atoms with van der Waals surface area (Å²) in [6, 6.07) is 1.87. The number of guanidine groups is 1. The number of aliphatic imine (C=N–C) groups is 1. The topological polar surface area (TPSA) is 77.9 Å². The molecule has 32 heavy (non-hydrogen) atoms. The minimum Gasteiger partial charge on any atom is -0.382 e. The van der Waals surface area contributed by atoms with Crippen LogP contribution in [0.5, 0.6) is 0 Å². The van der Waals surface area contributed by atoms with Crippen molar-refractivity contribution in [3.05, 3.63) is 18.5 Å². The smallest absolute Gasteiger partial charge is 0.225 e. The molecule has 1 aromatic rings. The van der Waals surface area contributed by atoms with E-state index in [1.54, 1.807) is 0 Å². The Kier molecular flexibility index (Phi) is 12.6. The minimum absolute atomic E-state index is 0. The van der Waals surface area contributed by atoms with Crippen LogP contribution in [-0.4, -0.2) is 86.9 Å². The van der Waals surface area contributed by atoms with E-state index in [4.69, 9.17) is 4.74 Å². The van der Waals surface area contributed by atoms with Crippen molar-refractivity contribution >= 4 is 35.9 Å². The van der Waals surface area contributed by atoms with Crippen LogP contribution in [0.2, 0.25) is 0 Å². The van der Waals surface area contributed by atoms with Crippen LogP contribution in [0.4, 0.5) is 5.95 Å². The number of ether oxygens (including phenoxy) is 1. The van der Waals surface area contributed by atoms with Gasteiger partial charge in [-0.05, 0) is 50.6 Å². The number of piperazine rings is 1. The second kappa shape index (κ2) is 14.8. The van der Waals surface area contributed by atoms with E-state index in [2.05, 4.69) is 42.3 Å². The number of rotatable bonds is 11. The molecular formula is C23H42IN7O. The fourth-order valence-electron chi connectivity index (χ4n) is 4.70. The summed E-state index contributed by atoms with van der Waals surface area (Å²) in [6.45, 7) is 10.9. The van der Waals surface area contributed by atoms with E-state index in [1.807, 2.05) is 25.5 Å². The summed E-state index contributed by atoms with van der Waals surface area (Å²) in [5.41, 5.74) is 0.370. The van der Waals surface area contributed by atoms with Gasteiger partial charge in [0.25, 0.3) is 0 Å².